The molecule has 2 N–H and O–H groups in total. The molecule has 2 aromatic heterocycles. The number of benzene rings is 1. The quantitative estimate of drug-likeness (QED) is 0.615. The SMILES string of the molecule is CCN(C[C@@]12CC[C@@H](c3cc(-c4c(F)cccc4F)nnc31)C2(C)C)C(=O)c1c[nH]c(=O)[nH]1. The van der Waals surface area contributed by atoms with Crippen LogP contribution in [0.5, 0.6) is 0 Å². The van der Waals surface area contributed by atoms with Crippen LogP contribution in [0.3, 0.4) is 0 Å². The van der Waals surface area contributed by atoms with E-state index >= 15 is 0 Å². The Bertz CT molecular complexity index is 1290. The summed E-state index contributed by atoms with van der Waals surface area (Å²) in [5, 5.41) is 8.73. The predicted molar refractivity (Wildman–Crippen MR) is 118 cm³/mol. The highest BCUT2D eigenvalue weighted by Crippen LogP contribution is 2.67. The number of halogens is 2. The largest absolute Gasteiger partial charge is 0.337 e. The minimum atomic E-state index is -0.676. The number of amides is 1. The summed E-state index contributed by atoms with van der Waals surface area (Å²) in [4.78, 5) is 31.3. The zero-order valence-electron chi connectivity index (χ0n) is 18.7. The number of aromatic amines is 2. The summed E-state index contributed by atoms with van der Waals surface area (Å²) in [6.45, 7) is 7.08. The molecule has 2 atom stereocenters. The Balaban J connectivity index is 1.57. The maximum absolute atomic E-state index is 14.4. The minimum Gasteiger partial charge on any atom is -0.337 e. The monoisotopic (exact) mass is 453 g/mol. The molecular formula is C24H25F2N5O2. The van der Waals surface area contributed by atoms with Gasteiger partial charge in [0.1, 0.15) is 17.3 Å². The molecule has 0 saturated heterocycles. The van der Waals surface area contributed by atoms with Gasteiger partial charge in [-0.25, -0.2) is 13.6 Å². The maximum Gasteiger partial charge on any atom is 0.323 e. The van der Waals surface area contributed by atoms with Gasteiger partial charge in [0, 0.05) is 24.7 Å². The number of rotatable bonds is 5. The number of nitrogens with zero attached hydrogens (tertiary/aromatic N) is 3. The lowest BCUT2D eigenvalue weighted by Crippen LogP contribution is -2.48. The Morgan fingerprint density at radius 2 is 1.97 bits per heavy atom. The van der Waals surface area contributed by atoms with E-state index in [0.717, 1.165) is 24.1 Å². The van der Waals surface area contributed by atoms with Gasteiger partial charge in [-0.15, -0.1) is 0 Å². The molecule has 33 heavy (non-hydrogen) atoms. The zero-order valence-corrected chi connectivity index (χ0v) is 18.7. The Morgan fingerprint density at radius 3 is 2.61 bits per heavy atom. The van der Waals surface area contributed by atoms with Crippen LogP contribution in [-0.4, -0.2) is 44.1 Å². The third-order valence-corrected chi connectivity index (χ3v) is 7.79. The molecule has 2 aliphatic carbocycles. The van der Waals surface area contributed by atoms with Crippen molar-refractivity contribution in [2.45, 2.75) is 44.9 Å². The summed E-state index contributed by atoms with van der Waals surface area (Å²) in [6.07, 6.45) is 3.09. The molecule has 7 nitrogen and oxygen atoms in total. The molecule has 1 amide bonds. The Labute approximate surface area is 189 Å². The first-order valence-corrected chi connectivity index (χ1v) is 11.1. The van der Waals surface area contributed by atoms with E-state index in [1.165, 1.54) is 24.4 Å². The number of carbonyl (C=O) groups is 1. The molecule has 0 spiro atoms. The predicted octanol–water partition coefficient (Wildman–Crippen LogP) is 3.76. The molecule has 1 aromatic carbocycles. The molecule has 172 valence electrons. The van der Waals surface area contributed by atoms with Crippen LogP contribution in [0.1, 0.15) is 61.3 Å². The lowest BCUT2D eigenvalue weighted by molar-refractivity contribution is 0.0647. The summed E-state index contributed by atoms with van der Waals surface area (Å²) in [7, 11) is 0. The number of carbonyl (C=O) groups excluding carboxylic acids is 1. The fraction of sp³-hybridized carbons (Fsp3) is 0.417. The summed E-state index contributed by atoms with van der Waals surface area (Å²) in [5.41, 5.74) is 0.819. The van der Waals surface area contributed by atoms with E-state index in [2.05, 4.69) is 34.0 Å². The van der Waals surface area contributed by atoms with E-state index in [4.69, 9.17) is 0 Å². The van der Waals surface area contributed by atoms with Crippen molar-refractivity contribution in [3.05, 3.63) is 69.5 Å². The van der Waals surface area contributed by atoms with Gasteiger partial charge in [-0.1, -0.05) is 19.9 Å². The molecule has 0 radical (unpaired) electrons. The number of nitrogens with one attached hydrogen (secondary N) is 2. The van der Waals surface area contributed by atoms with Crippen LogP contribution in [0.4, 0.5) is 8.78 Å². The third-order valence-electron chi connectivity index (χ3n) is 7.79. The van der Waals surface area contributed by atoms with Gasteiger partial charge in [0.15, 0.2) is 0 Å². The van der Waals surface area contributed by atoms with Crippen molar-refractivity contribution in [1.29, 1.82) is 0 Å². The lowest BCUT2D eigenvalue weighted by Gasteiger charge is -2.41. The maximum atomic E-state index is 14.4. The van der Waals surface area contributed by atoms with E-state index in [1.807, 2.05) is 6.92 Å². The van der Waals surface area contributed by atoms with Gasteiger partial charge in [-0.3, -0.25) is 4.79 Å². The van der Waals surface area contributed by atoms with Crippen LogP contribution in [0.25, 0.3) is 11.3 Å². The smallest absolute Gasteiger partial charge is 0.323 e. The van der Waals surface area contributed by atoms with Gasteiger partial charge in [0.05, 0.1) is 17.0 Å². The molecule has 2 heterocycles. The Kier molecular flexibility index (Phi) is 4.77. The molecule has 1 saturated carbocycles. The normalized spacial score (nSPS) is 22.4. The van der Waals surface area contributed by atoms with Crippen LogP contribution in [0, 0.1) is 17.0 Å². The summed E-state index contributed by atoms with van der Waals surface area (Å²) >= 11 is 0. The summed E-state index contributed by atoms with van der Waals surface area (Å²) < 4.78 is 28.8. The fourth-order valence-corrected chi connectivity index (χ4v) is 5.91. The first kappa shape index (κ1) is 21.5. The number of hydrogen-bond acceptors (Lipinski definition) is 4. The van der Waals surface area contributed by atoms with E-state index in [9.17, 15) is 18.4 Å². The van der Waals surface area contributed by atoms with Gasteiger partial charge in [-0.2, -0.15) is 10.2 Å². The topological polar surface area (TPSA) is 94.7 Å². The number of likely N-dealkylation sites (N-methyl/N-ethyl adjacent to an activating group) is 1. The van der Waals surface area contributed by atoms with Crippen LogP contribution in [-0.2, 0) is 5.41 Å². The Morgan fingerprint density at radius 1 is 1.24 bits per heavy atom. The molecule has 0 unspecified atom stereocenters. The highest BCUT2D eigenvalue weighted by atomic mass is 19.1. The van der Waals surface area contributed by atoms with Crippen molar-refractivity contribution < 1.29 is 13.6 Å². The van der Waals surface area contributed by atoms with Crippen LogP contribution in [0.15, 0.2) is 35.3 Å². The number of H-pyrrole nitrogens is 2. The molecule has 3 aromatic rings. The van der Waals surface area contributed by atoms with Crippen molar-refractivity contribution in [1.82, 2.24) is 25.1 Å². The van der Waals surface area contributed by atoms with E-state index < -0.39 is 22.7 Å². The van der Waals surface area contributed by atoms with Crippen molar-refractivity contribution >= 4 is 5.91 Å². The lowest BCUT2D eigenvalue weighted by atomic mass is 9.68. The van der Waals surface area contributed by atoms with Gasteiger partial charge in [-0.05, 0) is 54.9 Å². The molecule has 9 heteroatoms. The number of imidazole rings is 1. The van der Waals surface area contributed by atoms with E-state index in [1.54, 1.807) is 11.0 Å². The standard InChI is InChI=1S/C24H25F2N5O2/c1-4-31(21(32)18-11-27-22(33)28-18)12-24-9-8-14(23(24,2)3)13-10-17(29-30-20(13)24)19-15(25)6-5-7-16(19)26/h5-7,10-11,14H,4,8-9,12H2,1-3H3,(H2,27,28,33)/t14-,24-/m0/s1. The van der Waals surface area contributed by atoms with Crippen LogP contribution in [0.2, 0.25) is 0 Å². The van der Waals surface area contributed by atoms with E-state index in [-0.39, 0.29) is 34.2 Å². The minimum absolute atomic E-state index is 0.137. The fourth-order valence-electron chi connectivity index (χ4n) is 5.91. The third kappa shape index (κ3) is 2.98. The Hall–Kier alpha value is -3.36. The molecule has 0 aliphatic heterocycles. The van der Waals surface area contributed by atoms with Crippen LogP contribution < -0.4 is 5.69 Å². The van der Waals surface area contributed by atoms with E-state index in [0.29, 0.717) is 13.1 Å². The second-order valence-electron chi connectivity index (χ2n) is 9.50. The highest BCUT2D eigenvalue weighted by molar-refractivity contribution is 5.92. The van der Waals surface area contributed by atoms with Crippen LogP contribution >= 0.6 is 0 Å². The van der Waals surface area contributed by atoms with Gasteiger partial charge < -0.3 is 14.9 Å². The van der Waals surface area contributed by atoms with Crippen molar-refractivity contribution in [3.63, 3.8) is 0 Å². The molecule has 2 aliphatic rings. The second-order valence-corrected chi connectivity index (χ2v) is 9.50. The van der Waals surface area contributed by atoms with Gasteiger partial charge in [0.2, 0.25) is 0 Å². The second kappa shape index (κ2) is 7.33. The zero-order chi connectivity index (χ0) is 23.5. The highest BCUT2D eigenvalue weighted by Gasteiger charge is 2.64. The first-order chi connectivity index (χ1) is 15.7. The summed E-state index contributed by atoms with van der Waals surface area (Å²) in [6, 6.07) is 5.50. The average molecular weight is 453 g/mol. The average Bonchev–Trinajstić information content (AvgIpc) is 3.37. The molecule has 2 bridgehead atoms. The van der Waals surface area contributed by atoms with Crippen molar-refractivity contribution in [2.75, 3.05) is 13.1 Å². The molecule has 1 fully saturated rings. The van der Waals surface area contributed by atoms with Gasteiger partial charge in [0.25, 0.3) is 5.91 Å². The molecule has 5 rings (SSSR count). The number of hydrogen-bond donors (Lipinski definition) is 2. The number of fused-ring (bicyclic) bond motifs is 5. The number of aromatic nitrogens is 4. The summed E-state index contributed by atoms with van der Waals surface area (Å²) in [5.74, 6) is -1.48. The van der Waals surface area contributed by atoms with Crippen molar-refractivity contribution in [3.8, 4) is 11.3 Å². The van der Waals surface area contributed by atoms with Gasteiger partial charge >= 0.3 is 5.69 Å². The first-order valence-electron chi connectivity index (χ1n) is 11.1. The van der Waals surface area contributed by atoms with Crippen molar-refractivity contribution in [2.24, 2.45) is 5.41 Å². The molecular weight excluding hydrogens is 428 g/mol.